The molecular formula is C15H12BrCl2NO. The molecule has 0 saturated carbocycles. The maximum Gasteiger partial charge on any atom is 0.127 e. The summed E-state index contributed by atoms with van der Waals surface area (Å²) in [6, 6.07) is 9.65. The van der Waals surface area contributed by atoms with Gasteiger partial charge in [-0.25, -0.2) is 0 Å². The van der Waals surface area contributed by atoms with Gasteiger partial charge >= 0.3 is 0 Å². The summed E-state index contributed by atoms with van der Waals surface area (Å²) in [5.41, 5.74) is 3.19. The summed E-state index contributed by atoms with van der Waals surface area (Å²) in [5, 5.41) is 4.79. The summed E-state index contributed by atoms with van der Waals surface area (Å²) in [4.78, 5) is 0. The van der Waals surface area contributed by atoms with Gasteiger partial charge < -0.3 is 10.1 Å². The Morgan fingerprint density at radius 2 is 2.10 bits per heavy atom. The zero-order chi connectivity index (χ0) is 14.1. The number of rotatable bonds is 3. The van der Waals surface area contributed by atoms with E-state index < -0.39 is 0 Å². The van der Waals surface area contributed by atoms with Gasteiger partial charge in [0, 0.05) is 23.6 Å². The standard InChI is InChI=1S/C15H12BrCl2NO/c16-14-12(18)2-1-3-13(14)19-8-10-7-11(17)6-9-4-5-20-15(9)10/h1-3,6-7,19H,4-5,8H2. The number of anilines is 1. The molecule has 0 aromatic heterocycles. The Kier molecular flexibility index (Phi) is 4.11. The predicted molar refractivity (Wildman–Crippen MR) is 87.1 cm³/mol. The summed E-state index contributed by atoms with van der Waals surface area (Å²) in [6.07, 6.45) is 0.920. The van der Waals surface area contributed by atoms with Crippen LogP contribution < -0.4 is 10.1 Å². The first-order valence-corrected chi connectivity index (χ1v) is 7.82. The average Bonchev–Trinajstić information content (AvgIpc) is 2.88. The van der Waals surface area contributed by atoms with Gasteiger partial charge in [-0.15, -0.1) is 0 Å². The van der Waals surface area contributed by atoms with Crippen molar-refractivity contribution < 1.29 is 4.74 Å². The molecule has 1 aliphatic rings. The molecule has 1 aliphatic heterocycles. The number of fused-ring (bicyclic) bond motifs is 1. The Morgan fingerprint density at radius 3 is 2.95 bits per heavy atom. The van der Waals surface area contributed by atoms with Crippen molar-refractivity contribution in [3.05, 3.63) is 56.0 Å². The van der Waals surface area contributed by atoms with E-state index in [4.69, 9.17) is 27.9 Å². The molecular weight excluding hydrogens is 361 g/mol. The fourth-order valence-corrected chi connectivity index (χ4v) is 3.15. The highest BCUT2D eigenvalue weighted by molar-refractivity contribution is 9.10. The van der Waals surface area contributed by atoms with Crippen molar-refractivity contribution >= 4 is 44.8 Å². The lowest BCUT2D eigenvalue weighted by Crippen LogP contribution is -2.02. The van der Waals surface area contributed by atoms with Crippen molar-refractivity contribution in [1.82, 2.24) is 0 Å². The van der Waals surface area contributed by atoms with Crippen LogP contribution in [0.15, 0.2) is 34.8 Å². The van der Waals surface area contributed by atoms with E-state index in [1.165, 1.54) is 5.56 Å². The fourth-order valence-electron chi connectivity index (χ4n) is 2.31. The van der Waals surface area contributed by atoms with E-state index in [9.17, 15) is 0 Å². The van der Waals surface area contributed by atoms with Gasteiger partial charge in [0.25, 0.3) is 0 Å². The largest absolute Gasteiger partial charge is 0.493 e. The SMILES string of the molecule is Clc1cc2c(c(CNc3cccc(Cl)c3Br)c1)OCC2. The van der Waals surface area contributed by atoms with Gasteiger partial charge in [-0.2, -0.15) is 0 Å². The Bertz CT molecular complexity index is 661. The van der Waals surface area contributed by atoms with Crippen LogP contribution in [0.25, 0.3) is 0 Å². The van der Waals surface area contributed by atoms with Crippen molar-refractivity contribution in [1.29, 1.82) is 0 Å². The fraction of sp³-hybridized carbons (Fsp3) is 0.200. The van der Waals surface area contributed by atoms with Crippen LogP contribution in [0.3, 0.4) is 0 Å². The van der Waals surface area contributed by atoms with Crippen LogP contribution in [0.4, 0.5) is 5.69 Å². The van der Waals surface area contributed by atoms with Crippen molar-refractivity contribution in [3.63, 3.8) is 0 Å². The Labute approximate surface area is 136 Å². The van der Waals surface area contributed by atoms with Crippen LogP contribution in [0.2, 0.25) is 10.0 Å². The third-order valence-corrected chi connectivity index (χ3v) is 4.86. The number of ether oxygens (including phenoxy) is 1. The molecule has 20 heavy (non-hydrogen) atoms. The lowest BCUT2D eigenvalue weighted by Gasteiger charge is -2.12. The summed E-state index contributed by atoms with van der Waals surface area (Å²) < 4.78 is 6.55. The van der Waals surface area contributed by atoms with Crippen LogP contribution in [0.5, 0.6) is 5.75 Å². The highest BCUT2D eigenvalue weighted by atomic mass is 79.9. The number of nitrogens with one attached hydrogen (secondary N) is 1. The first-order valence-electron chi connectivity index (χ1n) is 6.27. The van der Waals surface area contributed by atoms with E-state index in [1.54, 1.807) is 0 Å². The molecule has 1 N–H and O–H groups in total. The van der Waals surface area contributed by atoms with Crippen molar-refractivity contribution in [2.24, 2.45) is 0 Å². The summed E-state index contributed by atoms with van der Waals surface area (Å²) in [6.45, 7) is 1.37. The molecule has 0 fully saturated rings. The molecule has 0 bridgehead atoms. The van der Waals surface area contributed by atoms with Gasteiger partial charge in [0.1, 0.15) is 5.75 Å². The minimum absolute atomic E-state index is 0.641. The predicted octanol–water partition coefficient (Wildman–Crippen LogP) is 5.30. The lowest BCUT2D eigenvalue weighted by atomic mass is 10.1. The molecule has 1 heterocycles. The summed E-state index contributed by atoms with van der Waals surface area (Å²) in [5.74, 6) is 0.958. The van der Waals surface area contributed by atoms with Crippen LogP contribution in [-0.4, -0.2) is 6.61 Å². The van der Waals surface area contributed by atoms with Crippen LogP contribution in [-0.2, 0) is 13.0 Å². The third kappa shape index (κ3) is 2.76. The molecule has 104 valence electrons. The van der Waals surface area contributed by atoms with E-state index in [0.717, 1.165) is 39.5 Å². The molecule has 0 spiro atoms. The van der Waals surface area contributed by atoms with Gasteiger partial charge in [-0.3, -0.25) is 0 Å². The second-order valence-corrected chi connectivity index (χ2v) is 6.24. The van der Waals surface area contributed by atoms with Gasteiger partial charge in [-0.05, 0) is 45.8 Å². The molecule has 3 rings (SSSR count). The van der Waals surface area contributed by atoms with E-state index in [0.29, 0.717) is 11.6 Å². The first kappa shape index (κ1) is 14.1. The van der Waals surface area contributed by atoms with Gasteiger partial charge in [0.15, 0.2) is 0 Å². The Balaban J connectivity index is 1.84. The minimum atomic E-state index is 0.641. The first-order chi connectivity index (χ1) is 9.65. The van der Waals surface area contributed by atoms with Gasteiger partial charge in [0.05, 0.1) is 21.8 Å². The van der Waals surface area contributed by atoms with Crippen LogP contribution in [0.1, 0.15) is 11.1 Å². The molecule has 0 amide bonds. The second kappa shape index (κ2) is 5.84. The van der Waals surface area contributed by atoms with Crippen molar-refractivity contribution in [2.75, 3.05) is 11.9 Å². The van der Waals surface area contributed by atoms with Gasteiger partial charge in [-0.1, -0.05) is 29.3 Å². The normalized spacial score (nSPS) is 12.9. The monoisotopic (exact) mass is 371 g/mol. The Morgan fingerprint density at radius 1 is 1.25 bits per heavy atom. The quantitative estimate of drug-likeness (QED) is 0.788. The Hall–Kier alpha value is -0.900. The molecule has 0 saturated heterocycles. The topological polar surface area (TPSA) is 21.3 Å². The smallest absolute Gasteiger partial charge is 0.127 e. The van der Waals surface area contributed by atoms with Crippen LogP contribution >= 0.6 is 39.1 Å². The maximum absolute atomic E-state index is 6.15. The zero-order valence-corrected chi connectivity index (χ0v) is 13.6. The van der Waals surface area contributed by atoms with E-state index in [1.807, 2.05) is 30.3 Å². The van der Waals surface area contributed by atoms with Crippen molar-refractivity contribution in [3.8, 4) is 5.75 Å². The van der Waals surface area contributed by atoms with Gasteiger partial charge in [0.2, 0.25) is 0 Å². The number of benzene rings is 2. The highest BCUT2D eigenvalue weighted by Gasteiger charge is 2.17. The van der Waals surface area contributed by atoms with E-state index in [2.05, 4.69) is 21.2 Å². The zero-order valence-electron chi connectivity index (χ0n) is 10.6. The molecule has 0 atom stereocenters. The van der Waals surface area contributed by atoms with Crippen molar-refractivity contribution in [2.45, 2.75) is 13.0 Å². The highest BCUT2D eigenvalue weighted by Crippen LogP contribution is 2.35. The number of hydrogen-bond acceptors (Lipinski definition) is 2. The number of hydrogen-bond donors (Lipinski definition) is 1. The van der Waals surface area contributed by atoms with Crippen LogP contribution in [0, 0.1) is 0 Å². The summed E-state index contributed by atoms with van der Waals surface area (Å²) in [7, 11) is 0. The number of halogens is 3. The minimum Gasteiger partial charge on any atom is -0.493 e. The average molecular weight is 373 g/mol. The molecule has 0 aliphatic carbocycles. The molecule has 2 nitrogen and oxygen atoms in total. The van der Waals surface area contributed by atoms with E-state index in [-0.39, 0.29) is 0 Å². The molecule has 0 radical (unpaired) electrons. The summed E-state index contributed by atoms with van der Waals surface area (Å²) >= 11 is 15.7. The van der Waals surface area contributed by atoms with E-state index >= 15 is 0 Å². The second-order valence-electron chi connectivity index (χ2n) is 4.61. The third-order valence-electron chi connectivity index (χ3n) is 3.25. The molecule has 0 unspecified atom stereocenters. The molecule has 5 heteroatoms. The maximum atomic E-state index is 6.15. The molecule has 2 aromatic carbocycles. The molecule has 2 aromatic rings. The lowest BCUT2D eigenvalue weighted by molar-refractivity contribution is 0.354.